The average molecular weight is 361 g/mol. The first kappa shape index (κ1) is 17.4. The number of ether oxygens (including phenoxy) is 1. The molecule has 0 heterocycles. The highest BCUT2D eigenvalue weighted by Crippen LogP contribution is 2.42. The van der Waals surface area contributed by atoms with Crippen LogP contribution in [0, 0.1) is 17.1 Å². The molecule has 0 fully saturated rings. The largest absolute Gasteiger partial charge is 0.457 e. The molecule has 25 heavy (non-hydrogen) atoms. The van der Waals surface area contributed by atoms with Crippen LogP contribution in [0.4, 0.5) is 4.39 Å². The molecule has 5 nitrogen and oxygen atoms in total. The highest BCUT2D eigenvalue weighted by molar-refractivity contribution is 7.91. The number of halogens is 1. The van der Waals surface area contributed by atoms with E-state index in [1.54, 1.807) is 6.92 Å². The predicted octanol–water partition coefficient (Wildman–Crippen LogP) is 3.26. The Morgan fingerprint density at radius 3 is 2.80 bits per heavy atom. The smallest absolute Gasteiger partial charge is 0.178 e. The third kappa shape index (κ3) is 3.23. The van der Waals surface area contributed by atoms with E-state index in [0.29, 0.717) is 29.7 Å². The zero-order valence-electron chi connectivity index (χ0n) is 13.5. The predicted molar refractivity (Wildman–Crippen MR) is 88.6 cm³/mol. The van der Waals surface area contributed by atoms with Crippen LogP contribution in [-0.4, -0.2) is 19.3 Å². The number of nitriles is 1. The summed E-state index contributed by atoms with van der Waals surface area (Å²) in [5.41, 5.74) is 1.08. The van der Waals surface area contributed by atoms with Gasteiger partial charge in [-0.05, 0) is 37.1 Å². The Bertz CT molecular complexity index is 979. The molecule has 3 rings (SSSR count). The molecule has 7 heteroatoms. The molecule has 2 aromatic carbocycles. The molecule has 0 aromatic heterocycles. The van der Waals surface area contributed by atoms with Gasteiger partial charge in [-0.15, -0.1) is 0 Å². The van der Waals surface area contributed by atoms with Crippen LogP contribution in [0.25, 0.3) is 0 Å². The van der Waals surface area contributed by atoms with Crippen LogP contribution in [0.3, 0.4) is 0 Å². The van der Waals surface area contributed by atoms with E-state index >= 15 is 0 Å². The molecule has 0 spiro atoms. The number of aliphatic hydroxyl groups excluding tert-OH is 1. The van der Waals surface area contributed by atoms with Gasteiger partial charge in [0, 0.05) is 17.2 Å². The van der Waals surface area contributed by atoms with Crippen LogP contribution in [0.2, 0.25) is 0 Å². The molecule has 0 saturated heterocycles. The third-order valence-corrected chi connectivity index (χ3v) is 6.00. The summed E-state index contributed by atoms with van der Waals surface area (Å²) in [7, 11) is -3.48. The van der Waals surface area contributed by atoms with Crippen molar-refractivity contribution in [2.45, 2.75) is 30.8 Å². The molecule has 2 aromatic rings. The van der Waals surface area contributed by atoms with E-state index in [9.17, 15) is 17.9 Å². The Morgan fingerprint density at radius 1 is 1.36 bits per heavy atom. The average Bonchev–Trinajstić information content (AvgIpc) is 2.97. The van der Waals surface area contributed by atoms with E-state index in [4.69, 9.17) is 10.00 Å². The van der Waals surface area contributed by atoms with E-state index in [-0.39, 0.29) is 22.0 Å². The Balaban J connectivity index is 2.08. The summed E-state index contributed by atoms with van der Waals surface area (Å²) in [5, 5.41) is 19.1. The lowest BCUT2D eigenvalue weighted by Crippen LogP contribution is -2.09. The minimum Gasteiger partial charge on any atom is -0.457 e. The summed E-state index contributed by atoms with van der Waals surface area (Å²) in [5.74, 6) is -0.167. The minimum absolute atomic E-state index is 0.0677. The van der Waals surface area contributed by atoms with Gasteiger partial charge in [0.05, 0.1) is 28.4 Å². The first-order valence-corrected chi connectivity index (χ1v) is 9.46. The number of aliphatic hydroxyl groups is 1. The fraction of sp³-hybridized carbons (Fsp3) is 0.278. The summed E-state index contributed by atoms with van der Waals surface area (Å²) in [6.45, 7) is 1.55. The van der Waals surface area contributed by atoms with Gasteiger partial charge in [-0.2, -0.15) is 5.26 Å². The Morgan fingerprint density at radius 2 is 2.12 bits per heavy atom. The lowest BCUT2D eigenvalue weighted by Gasteiger charge is -2.15. The maximum Gasteiger partial charge on any atom is 0.178 e. The van der Waals surface area contributed by atoms with Gasteiger partial charge in [-0.3, -0.25) is 0 Å². The molecule has 1 N–H and O–H groups in total. The van der Waals surface area contributed by atoms with Crippen LogP contribution < -0.4 is 4.74 Å². The quantitative estimate of drug-likeness (QED) is 0.903. The molecule has 0 amide bonds. The molecule has 1 unspecified atom stereocenters. The summed E-state index contributed by atoms with van der Waals surface area (Å²) in [6, 6.07) is 8.41. The van der Waals surface area contributed by atoms with E-state index in [1.165, 1.54) is 18.2 Å². The normalized spacial score (nSPS) is 16.3. The van der Waals surface area contributed by atoms with Crippen molar-refractivity contribution in [3.05, 3.63) is 52.8 Å². The lowest BCUT2D eigenvalue weighted by molar-refractivity contribution is 0.177. The summed E-state index contributed by atoms with van der Waals surface area (Å²) in [6.07, 6.45) is -0.0227. The topological polar surface area (TPSA) is 87.4 Å². The zero-order chi connectivity index (χ0) is 18.2. The highest BCUT2D eigenvalue weighted by atomic mass is 32.2. The molecule has 0 bridgehead atoms. The third-order valence-electron chi connectivity index (χ3n) is 4.22. The molecule has 0 saturated carbocycles. The molecule has 130 valence electrons. The Kier molecular flexibility index (Phi) is 4.50. The Labute approximate surface area is 145 Å². The van der Waals surface area contributed by atoms with Crippen LogP contribution >= 0.6 is 0 Å². The van der Waals surface area contributed by atoms with Gasteiger partial charge in [-0.1, -0.05) is 6.92 Å². The van der Waals surface area contributed by atoms with Crippen molar-refractivity contribution in [2.24, 2.45) is 0 Å². The van der Waals surface area contributed by atoms with Crippen LogP contribution in [0.15, 0.2) is 35.2 Å². The van der Waals surface area contributed by atoms with Crippen molar-refractivity contribution in [3.8, 4) is 17.6 Å². The van der Waals surface area contributed by atoms with E-state index in [1.807, 2.05) is 6.07 Å². The number of hydrogen-bond acceptors (Lipinski definition) is 5. The monoisotopic (exact) mass is 361 g/mol. The second-order valence-electron chi connectivity index (χ2n) is 5.80. The van der Waals surface area contributed by atoms with Crippen LogP contribution in [0.1, 0.15) is 36.1 Å². The van der Waals surface area contributed by atoms with Crippen molar-refractivity contribution in [1.82, 2.24) is 0 Å². The number of rotatable bonds is 4. The van der Waals surface area contributed by atoms with Crippen LogP contribution in [0.5, 0.6) is 11.5 Å². The highest BCUT2D eigenvalue weighted by Gasteiger charge is 2.31. The first-order valence-electron chi connectivity index (χ1n) is 7.81. The van der Waals surface area contributed by atoms with E-state index < -0.39 is 21.8 Å². The molecular formula is C18H16FNO4S. The number of nitrogens with zero attached hydrogens (tertiary/aromatic N) is 1. The van der Waals surface area contributed by atoms with Gasteiger partial charge in [0.2, 0.25) is 0 Å². The fourth-order valence-corrected chi connectivity index (χ4v) is 4.19. The van der Waals surface area contributed by atoms with E-state index in [0.717, 1.165) is 12.1 Å². The number of hydrogen-bond donors (Lipinski definition) is 1. The van der Waals surface area contributed by atoms with Crippen molar-refractivity contribution in [2.75, 3.05) is 5.75 Å². The first-order chi connectivity index (χ1) is 11.9. The van der Waals surface area contributed by atoms with Crippen molar-refractivity contribution in [3.63, 3.8) is 0 Å². The van der Waals surface area contributed by atoms with Gasteiger partial charge in [0.1, 0.15) is 17.3 Å². The summed E-state index contributed by atoms with van der Waals surface area (Å²) < 4.78 is 43.8. The number of fused-ring (bicyclic) bond motifs is 1. The molecular weight excluding hydrogens is 345 g/mol. The molecule has 0 radical (unpaired) electrons. The van der Waals surface area contributed by atoms with Gasteiger partial charge in [-0.25, -0.2) is 12.8 Å². The second-order valence-corrected chi connectivity index (χ2v) is 8.05. The van der Waals surface area contributed by atoms with Gasteiger partial charge < -0.3 is 9.84 Å². The van der Waals surface area contributed by atoms with Crippen LogP contribution in [-0.2, 0) is 16.3 Å². The van der Waals surface area contributed by atoms with Gasteiger partial charge in [0.15, 0.2) is 9.84 Å². The maximum absolute atomic E-state index is 13.6. The van der Waals surface area contributed by atoms with Gasteiger partial charge in [0.25, 0.3) is 0 Å². The zero-order valence-corrected chi connectivity index (χ0v) is 14.3. The number of sulfone groups is 1. The standard InChI is InChI=1S/C18H16FNO4S/c1-2-25(22,23)17-6-5-16(14-3-4-15(21)18(14)17)24-13-8-11(10-20)7-12(19)9-13/h5-9,15,21H,2-4H2,1H3. The van der Waals surface area contributed by atoms with Crippen molar-refractivity contribution >= 4 is 9.84 Å². The molecule has 1 aliphatic rings. The molecule has 1 aliphatic carbocycles. The van der Waals surface area contributed by atoms with Crippen molar-refractivity contribution in [1.29, 1.82) is 5.26 Å². The molecule has 0 aliphatic heterocycles. The van der Waals surface area contributed by atoms with Gasteiger partial charge >= 0.3 is 0 Å². The summed E-state index contributed by atoms with van der Waals surface area (Å²) >= 11 is 0. The SMILES string of the molecule is CCS(=O)(=O)c1ccc(Oc2cc(F)cc(C#N)c2)c2c1C(O)CC2. The number of benzene rings is 2. The molecule has 1 atom stereocenters. The van der Waals surface area contributed by atoms with Crippen molar-refractivity contribution < 1.29 is 22.7 Å². The second kappa shape index (κ2) is 6.47. The van der Waals surface area contributed by atoms with E-state index in [2.05, 4.69) is 0 Å². The summed E-state index contributed by atoms with van der Waals surface area (Å²) in [4.78, 5) is 0.110. The minimum atomic E-state index is -3.48. The lowest BCUT2D eigenvalue weighted by atomic mass is 10.1. The maximum atomic E-state index is 13.6. The Hall–Kier alpha value is -2.43. The fourth-order valence-electron chi connectivity index (χ4n) is 3.01.